The van der Waals surface area contributed by atoms with E-state index < -0.39 is 0 Å². The van der Waals surface area contributed by atoms with Crippen molar-refractivity contribution in [2.75, 3.05) is 18.4 Å². The molecule has 0 bridgehead atoms. The van der Waals surface area contributed by atoms with Gasteiger partial charge in [-0.15, -0.1) is 0 Å². The number of rotatable bonds is 5. The Hall–Kier alpha value is -2.08. The molecule has 2 fully saturated rings. The van der Waals surface area contributed by atoms with E-state index in [1.807, 2.05) is 38.1 Å². The van der Waals surface area contributed by atoms with Gasteiger partial charge in [-0.1, -0.05) is 25.0 Å². The Bertz CT molecular complexity index is 644. The van der Waals surface area contributed by atoms with Crippen molar-refractivity contribution in [3.8, 4) is 0 Å². The molecule has 3 rings (SSSR count). The third-order valence-electron chi connectivity index (χ3n) is 5.57. The molecule has 0 radical (unpaired) electrons. The van der Waals surface area contributed by atoms with Crippen molar-refractivity contribution >= 4 is 17.6 Å². The molecule has 4 N–H and O–H groups in total. The Morgan fingerprint density at radius 1 is 1.23 bits per heavy atom. The molecule has 1 aromatic carbocycles. The van der Waals surface area contributed by atoms with E-state index in [9.17, 15) is 9.59 Å². The first-order chi connectivity index (χ1) is 12.5. The van der Waals surface area contributed by atoms with E-state index in [4.69, 9.17) is 0 Å². The van der Waals surface area contributed by atoms with Gasteiger partial charge in [0.05, 0.1) is 5.41 Å². The molecule has 1 heterocycles. The topological polar surface area (TPSA) is 82.3 Å². The lowest BCUT2D eigenvalue weighted by Gasteiger charge is -2.37. The minimum absolute atomic E-state index is 0.0950. The Balaban J connectivity index is 1.53. The van der Waals surface area contributed by atoms with Crippen LogP contribution < -0.4 is 21.3 Å². The summed E-state index contributed by atoms with van der Waals surface area (Å²) in [5, 5.41) is 12.1. The van der Waals surface area contributed by atoms with Crippen molar-refractivity contribution in [1.82, 2.24) is 16.0 Å². The molecule has 2 atom stereocenters. The van der Waals surface area contributed by atoms with Gasteiger partial charge >= 0.3 is 6.03 Å². The number of carbonyl (C=O) groups excluding carboxylic acids is 2. The molecule has 1 aliphatic carbocycles. The molecule has 26 heavy (non-hydrogen) atoms. The Kier molecular flexibility index (Phi) is 5.81. The highest BCUT2D eigenvalue weighted by molar-refractivity contribution is 5.89. The van der Waals surface area contributed by atoms with Crippen molar-refractivity contribution in [3.05, 3.63) is 29.8 Å². The highest BCUT2D eigenvalue weighted by atomic mass is 16.2. The summed E-state index contributed by atoms with van der Waals surface area (Å²) in [5.41, 5.74) is 1.56. The highest BCUT2D eigenvalue weighted by Gasteiger charge is 2.49. The van der Waals surface area contributed by atoms with Crippen LogP contribution in [0.5, 0.6) is 0 Å². The van der Waals surface area contributed by atoms with Crippen LogP contribution in [0.4, 0.5) is 10.5 Å². The summed E-state index contributed by atoms with van der Waals surface area (Å²) in [6.45, 7) is 6.12. The van der Waals surface area contributed by atoms with Crippen molar-refractivity contribution in [2.45, 2.75) is 52.1 Å². The average Bonchev–Trinajstić information content (AvgIpc) is 3.05. The second kappa shape index (κ2) is 8.08. The molecule has 6 heteroatoms. The van der Waals surface area contributed by atoms with Crippen LogP contribution >= 0.6 is 0 Å². The Morgan fingerprint density at radius 3 is 2.73 bits per heavy atom. The van der Waals surface area contributed by atoms with Crippen molar-refractivity contribution in [2.24, 2.45) is 11.3 Å². The molecular weight excluding hydrogens is 328 g/mol. The van der Waals surface area contributed by atoms with Gasteiger partial charge in [-0.2, -0.15) is 0 Å². The maximum atomic E-state index is 12.9. The predicted octanol–water partition coefficient (Wildman–Crippen LogP) is 2.61. The molecule has 1 saturated carbocycles. The van der Waals surface area contributed by atoms with E-state index in [1.54, 1.807) is 0 Å². The number of hydrogen-bond donors (Lipinski definition) is 4. The molecule has 1 aliphatic heterocycles. The first kappa shape index (κ1) is 18.7. The monoisotopic (exact) mass is 358 g/mol. The lowest BCUT2D eigenvalue weighted by molar-refractivity contribution is -0.134. The second-order valence-electron chi connectivity index (χ2n) is 7.86. The summed E-state index contributed by atoms with van der Waals surface area (Å²) in [7, 11) is 0. The molecule has 2 aliphatic rings. The van der Waals surface area contributed by atoms with E-state index >= 15 is 0 Å². The fraction of sp³-hybridized carbons (Fsp3) is 0.600. The maximum Gasteiger partial charge on any atom is 0.319 e. The molecule has 3 amide bonds. The van der Waals surface area contributed by atoms with E-state index in [2.05, 4.69) is 21.3 Å². The van der Waals surface area contributed by atoms with Crippen LogP contribution in [-0.4, -0.2) is 31.1 Å². The zero-order valence-corrected chi connectivity index (χ0v) is 15.7. The number of anilines is 1. The highest BCUT2D eigenvalue weighted by Crippen LogP contribution is 2.43. The van der Waals surface area contributed by atoms with E-state index in [1.165, 1.54) is 6.42 Å². The predicted molar refractivity (Wildman–Crippen MR) is 103 cm³/mol. The number of benzene rings is 1. The fourth-order valence-electron chi connectivity index (χ4n) is 4.18. The molecule has 142 valence electrons. The zero-order chi connectivity index (χ0) is 18.6. The van der Waals surface area contributed by atoms with Crippen molar-refractivity contribution in [1.29, 1.82) is 0 Å². The van der Waals surface area contributed by atoms with Gasteiger partial charge in [0.1, 0.15) is 0 Å². The zero-order valence-electron chi connectivity index (χ0n) is 15.7. The molecule has 1 saturated heterocycles. The van der Waals surface area contributed by atoms with Gasteiger partial charge in [0.15, 0.2) is 0 Å². The summed E-state index contributed by atoms with van der Waals surface area (Å²) < 4.78 is 0. The fourth-order valence-corrected chi connectivity index (χ4v) is 4.18. The third kappa shape index (κ3) is 4.18. The number of hydrogen-bond acceptors (Lipinski definition) is 3. The van der Waals surface area contributed by atoms with E-state index in [0.29, 0.717) is 12.5 Å². The molecular formula is C20H30N4O2. The Labute approximate surface area is 155 Å². The standard InChI is InChI=1S/C20H30N4O2/c1-14(2)23-19(26)24-17-8-6-15(7-9-17)11-22-18(25)20-10-4-3-5-16(20)12-21-13-20/h6-9,14,16,21H,3-5,10-13H2,1-2H3,(H,22,25)(H2,23,24,26)/t16-,20+/m0/s1. The average molecular weight is 358 g/mol. The van der Waals surface area contributed by atoms with Crippen LogP contribution in [0.15, 0.2) is 24.3 Å². The number of fused-ring (bicyclic) bond motifs is 1. The van der Waals surface area contributed by atoms with Gasteiger partial charge in [-0.25, -0.2) is 4.79 Å². The van der Waals surface area contributed by atoms with Gasteiger partial charge in [-0.3, -0.25) is 4.79 Å². The summed E-state index contributed by atoms with van der Waals surface area (Å²) >= 11 is 0. The molecule has 0 spiro atoms. The van der Waals surface area contributed by atoms with Gasteiger partial charge in [0, 0.05) is 24.8 Å². The largest absolute Gasteiger partial charge is 0.351 e. The van der Waals surface area contributed by atoms with Crippen molar-refractivity contribution < 1.29 is 9.59 Å². The number of carbonyl (C=O) groups is 2. The molecule has 0 aromatic heterocycles. The van der Waals surface area contributed by atoms with Gasteiger partial charge < -0.3 is 21.3 Å². The van der Waals surface area contributed by atoms with Crippen LogP contribution in [0.2, 0.25) is 0 Å². The number of urea groups is 1. The molecule has 6 nitrogen and oxygen atoms in total. The summed E-state index contributed by atoms with van der Waals surface area (Å²) in [5.74, 6) is 0.660. The second-order valence-corrected chi connectivity index (χ2v) is 7.86. The van der Waals surface area contributed by atoms with Crippen LogP contribution in [0.1, 0.15) is 45.1 Å². The minimum atomic E-state index is -0.214. The van der Waals surface area contributed by atoms with E-state index in [0.717, 1.165) is 43.6 Å². The van der Waals surface area contributed by atoms with Gasteiger partial charge in [0.25, 0.3) is 0 Å². The number of nitrogens with one attached hydrogen (secondary N) is 4. The van der Waals surface area contributed by atoms with Crippen LogP contribution in [-0.2, 0) is 11.3 Å². The smallest absolute Gasteiger partial charge is 0.319 e. The molecule has 0 unspecified atom stereocenters. The SMILES string of the molecule is CC(C)NC(=O)Nc1ccc(CNC(=O)[C@@]23CCCC[C@H]2CNC3)cc1. The molecule has 1 aromatic rings. The van der Waals surface area contributed by atoms with Crippen LogP contribution in [0, 0.1) is 11.3 Å². The summed E-state index contributed by atoms with van der Waals surface area (Å²) in [4.78, 5) is 24.6. The van der Waals surface area contributed by atoms with Crippen LogP contribution in [0.25, 0.3) is 0 Å². The lowest BCUT2D eigenvalue weighted by Crippen LogP contribution is -2.47. The van der Waals surface area contributed by atoms with E-state index in [-0.39, 0.29) is 23.4 Å². The first-order valence-electron chi connectivity index (χ1n) is 9.65. The minimum Gasteiger partial charge on any atom is -0.351 e. The van der Waals surface area contributed by atoms with Gasteiger partial charge in [0.2, 0.25) is 5.91 Å². The quantitative estimate of drug-likeness (QED) is 0.653. The first-order valence-corrected chi connectivity index (χ1v) is 9.65. The Morgan fingerprint density at radius 2 is 2.00 bits per heavy atom. The summed E-state index contributed by atoms with van der Waals surface area (Å²) in [6, 6.07) is 7.48. The normalized spacial score (nSPS) is 24.8. The third-order valence-corrected chi connectivity index (χ3v) is 5.57. The van der Waals surface area contributed by atoms with Crippen LogP contribution in [0.3, 0.4) is 0 Å². The lowest BCUT2D eigenvalue weighted by atomic mass is 9.67. The van der Waals surface area contributed by atoms with Crippen molar-refractivity contribution in [3.63, 3.8) is 0 Å². The number of amides is 3. The van der Waals surface area contributed by atoms with Gasteiger partial charge in [-0.05, 0) is 56.8 Å². The maximum absolute atomic E-state index is 12.9. The summed E-state index contributed by atoms with van der Waals surface area (Å²) in [6.07, 6.45) is 4.52.